The number of unbranched alkanes of at least 4 members (excludes halogenated alkanes) is 19. The molecule has 0 fully saturated rings. The van der Waals surface area contributed by atoms with Gasteiger partial charge in [0.1, 0.15) is 13.2 Å². The van der Waals surface area contributed by atoms with Gasteiger partial charge in [0.2, 0.25) is 0 Å². The number of esters is 2. The quantitative estimate of drug-likeness (QED) is 0.0341. The van der Waals surface area contributed by atoms with Crippen LogP contribution in [0.3, 0.4) is 0 Å². The van der Waals surface area contributed by atoms with Crippen molar-refractivity contribution in [2.75, 3.05) is 72.2 Å². The number of likely N-dealkylation sites (N-methyl/N-ethyl adjacent to an activating group) is 1. The third-order valence-corrected chi connectivity index (χ3v) is 11.7. The van der Waals surface area contributed by atoms with Crippen molar-refractivity contribution in [2.24, 2.45) is 5.92 Å². The van der Waals surface area contributed by atoms with E-state index in [-0.39, 0.29) is 18.0 Å². The number of amides is 1. The molecule has 0 aromatic carbocycles. The Hall–Kier alpha value is -1.87. The van der Waals surface area contributed by atoms with E-state index in [4.69, 9.17) is 14.2 Å². The minimum absolute atomic E-state index is 0.0188. The third kappa shape index (κ3) is 36.0. The average Bonchev–Trinajstić information content (AvgIpc) is 3.22. The van der Waals surface area contributed by atoms with Gasteiger partial charge in [0.15, 0.2) is 0 Å². The summed E-state index contributed by atoms with van der Waals surface area (Å²) in [5.74, 6) is 0.394. The number of hydrogen-bond donors (Lipinski definition) is 0. The van der Waals surface area contributed by atoms with Crippen molar-refractivity contribution < 1.29 is 28.6 Å². The van der Waals surface area contributed by atoms with Gasteiger partial charge in [-0.1, -0.05) is 170 Å². The second kappa shape index (κ2) is 43.2. The first-order valence-electron chi connectivity index (χ1n) is 25.0. The van der Waals surface area contributed by atoms with E-state index in [1.54, 1.807) is 0 Å². The molecule has 0 aromatic heterocycles. The van der Waals surface area contributed by atoms with Crippen molar-refractivity contribution in [2.45, 2.75) is 221 Å². The fourth-order valence-corrected chi connectivity index (χ4v) is 7.54. The monoisotopic (exact) mass is 824 g/mol. The summed E-state index contributed by atoms with van der Waals surface area (Å²) in [6.45, 7) is 21.1. The molecule has 0 saturated heterocycles. The Morgan fingerprint density at radius 2 is 0.793 bits per heavy atom. The van der Waals surface area contributed by atoms with Crippen LogP contribution in [0.4, 0.5) is 4.79 Å². The topological polar surface area (TPSA) is 88.6 Å². The summed E-state index contributed by atoms with van der Waals surface area (Å²) in [7, 11) is 0. The van der Waals surface area contributed by atoms with E-state index in [2.05, 4.69) is 51.3 Å². The fourth-order valence-electron chi connectivity index (χ4n) is 7.54. The molecule has 9 nitrogen and oxygen atoms in total. The number of nitrogens with zero attached hydrogens (tertiary/aromatic N) is 3. The predicted molar refractivity (Wildman–Crippen MR) is 245 cm³/mol. The lowest BCUT2D eigenvalue weighted by Crippen LogP contribution is -2.40. The summed E-state index contributed by atoms with van der Waals surface area (Å²) in [5.41, 5.74) is 0. The molecule has 1 amide bonds. The number of hydrogen-bond acceptors (Lipinski definition) is 8. The zero-order valence-electron chi connectivity index (χ0n) is 39.4. The molecule has 0 rings (SSSR count). The molecule has 0 aliphatic heterocycles. The van der Waals surface area contributed by atoms with Crippen molar-refractivity contribution in [3.8, 4) is 0 Å². The zero-order valence-corrected chi connectivity index (χ0v) is 39.4. The first-order valence-corrected chi connectivity index (χ1v) is 25.0. The van der Waals surface area contributed by atoms with Crippen molar-refractivity contribution in [1.29, 1.82) is 0 Å². The van der Waals surface area contributed by atoms with Crippen molar-refractivity contribution >= 4 is 18.0 Å². The Morgan fingerprint density at radius 3 is 1.29 bits per heavy atom. The van der Waals surface area contributed by atoms with Crippen LogP contribution in [-0.4, -0.2) is 105 Å². The molecule has 0 heterocycles. The highest BCUT2D eigenvalue weighted by Gasteiger charge is 2.17. The van der Waals surface area contributed by atoms with Crippen LogP contribution in [0.5, 0.6) is 0 Å². The summed E-state index contributed by atoms with van der Waals surface area (Å²) in [5, 5.41) is 0. The molecule has 0 atom stereocenters. The van der Waals surface area contributed by atoms with E-state index >= 15 is 0 Å². The maximum atomic E-state index is 13.3. The molecule has 0 unspecified atom stereocenters. The van der Waals surface area contributed by atoms with Crippen molar-refractivity contribution in [3.63, 3.8) is 0 Å². The molecule has 0 N–H and O–H groups in total. The van der Waals surface area contributed by atoms with Gasteiger partial charge < -0.3 is 24.0 Å². The maximum Gasteiger partial charge on any atom is 0.409 e. The Morgan fingerprint density at radius 1 is 0.397 bits per heavy atom. The molecule has 58 heavy (non-hydrogen) atoms. The second-order valence-corrected chi connectivity index (χ2v) is 16.9. The van der Waals surface area contributed by atoms with Gasteiger partial charge in [-0.05, 0) is 57.5 Å². The summed E-state index contributed by atoms with van der Waals surface area (Å²) >= 11 is 0. The van der Waals surface area contributed by atoms with Gasteiger partial charge in [-0.2, -0.15) is 0 Å². The van der Waals surface area contributed by atoms with Gasteiger partial charge in [-0.3, -0.25) is 14.5 Å². The molecule has 0 aliphatic rings. The molecule has 0 saturated carbocycles. The maximum absolute atomic E-state index is 13.3. The zero-order chi connectivity index (χ0) is 42.7. The highest BCUT2D eigenvalue weighted by Crippen LogP contribution is 2.20. The predicted octanol–water partition coefficient (Wildman–Crippen LogP) is 12.8. The highest BCUT2D eigenvalue weighted by molar-refractivity contribution is 5.69. The van der Waals surface area contributed by atoms with Crippen LogP contribution >= 0.6 is 0 Å². The van der Waals surface area contributed by atoms with Crippen molar-refractivity contribution in [1.82, 2.24) is 14.7 Å². The van der Waals surface area contributed by atoms with E-state index in [1.807, 2.05) is 4.90 Å². The van der Waals surface area contributed by atoms with Crippen LogP contribution in [-0.2, 0) is 23.8 Å². The molecule has 344 valence electrons. The summed E-state index contributed by atoms with van der Waals surface area (Å²) in [6.07, 6.45) is 30.9. The number of carbonyl (C=O) groups is 3. The summed E-state index contributed by atoms with van der Waals surface area (Å²) < 4.78 is 17.2. The lowest BCUT2D eigenvalue weighted by atomic mass is 9.95. The van der Waals surface area contributed by atoms with Gasteiger partial charge in [0.05, 0.1) is 6.61 Å². The Labute approximate surface area is 359 Å². The Kier molecular flexibility index (Phi) is 41.8. The van der Waals surface area contributed by atoms with Crippen LogP contribution in [0.2, 0.25) is 0 Å². The van der Waals surface area contributed by atoms with Crippen molar-refractivity contribution in [3.05, 3.63) is 0 Å². The van der Waals surface area contributed by atoms with Gasteiger partial charge in [-0.15, -0.1) is 0 Å². The first-order chi connectivity index (χ1) is 28.3. The molecular formula is C49H97N3O6. The number of carbonyl (C=O) groups excluding carboxylic acids is 3. The van der Waals surface area contributed by atoms with E-state index in [0.717, 1.165) is 110 Å². The molecule has 0 aromatic rings. The fraction of sp³-hybridized carbons (Fsp3) is 0.939. The molecular weight excluding hydrogens is 727 g/mol. The highest BCUT2D eigenvalue weighted by atomic mass is 16.6. The van der Waals surface area contributed by atoms with Gasteiger partial charge in [-0.25, -0.2) is 4.79 Å². The summed E-state index contributed by atoms with van der Waals surface area (Å²) in [6, 6.07) is 0. The molecule has 0 bridgehead atoms. The minimum atomic E-state index is -0.208. The van der Waals surface area contributed by atoms with Gasteiger partial charge in [0, 0.05) is 52.1 Å². The lowest BCUT2D eigenvalue weighted by Gasteiger charge is -2.27. The number of ether oxygens (including phenoxy) is 3. The van der Waals surface area contributed by atoms with Crippen LogP contribution in [0.15, 0.2) is 0 Å². The normalized spacial score (nSPS) is 11.5. The second-order valence-electron chi connectivity index (χ2n) is 16.9. The largest absolute Gasteiger partial charge is 0.465 e. The molecule has 0 spiro atoms. The molecule has 0 aliphatic carbocycles. The number of rotatable bonds is 44. The van der Waals surface area contributed by atoms with Crippen LogP contribution in [0.25, 0.3) is 0 Å². The smallest absolute Gasteiger partial charge is 0.409 e. The SMILES string of the molecule is CCCCCCCC(=O)OCCN(CCOC(=O)N(CCCCCC)CCCCCCCCCC(=O)OCC(CCCCCC)CCCCCC)CCN(CC)CC. The van der Waals surface area contributed by atoms with E-state index in [1.165, 1.54) is 96.3 Å². The van der Waals surface area contributed by atoms with Crippen LogP contribution in [0, 0.1) is 5.92 Å². The van der Waals surface area contributed by atoms with Crippen LogP contribution in [0.1, 0.15) is 221 Å². The van der Waals surface area contributed by atoms with E-state index in [0.29, 0.717) is 51.7 Å². The van der Waals surface area contributed by atoms with E-state index < -0.39 is 0 Å². The minimum Gasteiger partial charge on any atom is -0.465 e. The molecule has 9 heteroatoms. The average molecular weight is 824 g/mol. The van der Waals surface area contributed by atoms with Crippen LogP contribution < -0.4 is 0 Å². The third-order valence-electron chi connectivity index (χ3n) is 11.7. The Balaban J connectivity index is 4.60. The van der Waals surface area contributed by atoms with Gasteiger partial charge >= 0.3 is 18.0 Å². The van der Waals surface area contributed by atoms with E-state index in [9.17, 15) is 14.4 Å². The Bertz CT molecular complexity index is 905. The first kappa shape index (κ1) is 56.1. The molecule has 0 radical (unpaired) electrons. The standard InChI is InChI=1S/C49H97N3O6/c1-7-13-17-24-29-35-47(53)56-43-41-51(40-39-50(11-5)12-6)42-44-57-49(55)52(37-31-20-16-10-4)38-32-26-23-21-22-25-30-36-48(54)58-45-46(33-27-18-14-8-2)34-28-19-15-9-3/h46H,7-45H2,1-6H3. The van der Waals surface area contributed by atoms with Gasteiger partial charge in [0.25, 0.3) is 0 Å². The lowest BCUT2D eigenvalue weighted by molar-refractivity contribution is -0.145. The summed E-state index contributed by atoms with van der Waals surface area (Å²) in [4.78, 5) is 44.7.